The van der Waals surface area contributed by atoms with Crippen LogP contribution < -0.4 is 5.73 Å². The number of hydrogen-bond donors (Lipinski definition) is 2. The molecule has 0 spiro atoms. The summed E-state index contributed by atoms with van der Waals surface area (Å²) in [6.07, 6.45) is 5.05. The standard InChI is InChI=1S/C7H11NO2/c1-4-7(2,3)5(8)6(9)10/h1,5H,8H2,2-3H3,(H,9,10). The van der Waals surface area contributed by atoms with Gasteiger partial charge < -0.3 is 10.8 Å². The molecule has 0 radical (unpaired) electrons. The largest absolute Gasteiger partial charge is 0.480 e. The zero-order chi connectivity index (χ0) is 8.36. The van der Waals surface area contributed by atoms with E-state index in [0.29, 0.717) is 0 Å². The molecule has 0 aliphatic rings. The molecule has 1 unspecified atom stereocenters. The monoisotopic (exact) mass is 141 g/mol. The molecule has 3 heteroatoms. The molecule has 1 atom stereocenters. The van der Waals surface area contributed by atoms with E-state index < -0.39 is 17.4 Å². The number of carboxylic acids is 1. The molecule has 0 aromatic heterocycles. The van der Waals surface area contributed by atoms with Gasteiger partial charge in [0.25, 0.3) is 0 Å². The molecule has 0 aromatic carbocycles. The zero-order valence-corrected chi connectivity index (χ0v) is 6.09. The lowest BCUT2D eigenvalue weighted by atomic mass is 9.86. The Morgan fingerprint density at radius 1 is 1.80 bits per heavy atom. The summed E-state index contributed by atoms with van der Waals surface area (Å²) >= 11 is 0. The molecular weight excluding hydrogens is 130 g/mol. The summed E-state index contributed by atoms with van der Waals surface area (Å²) in [5, 5.41) is 8.43. The third-order valence-electron chi connectivity index (χ3n) is 1.42. The Labute approximate surface area is 60.2 Å². The highest BCUT2D eigenvalue weighted by Crippen LogP contribution is 2.16. The topological polar surface area (TPSA) is 63.3 Å². The molecule has 0 aromatic rings. The number of nitrogens with two attached hydrogens (primary N) is 1. The first-order valence-corrected chi connectivity index (χ1v) is 2.88. The van der Waals surface area contributed by atoms with Crippen molar-refractivity contribution in [3.63, 3.8) is 0 Å². The lowest BCUT2D eigenvalue weighted by molar-refractivity contribution is -0.140. The summed E-state index contributed by atoms with van der Waals surface area (Å²) in [7, 11) is 0. The maximum Gasteiger partial charge on any atom is 0.322 e. The normalized spacial score (nSPS) is 13.8. The van der Waals surface area contributed by atoms with Crippen LogP contribution in [0.3, 0.4) is 0 Å². The van der Waals surface area contributed by atoms with Crippen LogP contribution in [-0.4, -0.2) is 17.1 Å². The van der Waals surface area contributed by atoms with Crippen LogP contribution in [0.25, 0.3) is 0 Å². The number of carbonyl (C=O) groups is 1. The van der Waals surface area contributed by atoms with E-state index in [1.807, 2.05) is 0 Å². The van der Waals surface area contributed by atoms with Crippen molar-refractivity contribution < 1.29 is 9.90 Å². The average Bonchev–Trinajstić information content (AvgIpc) is 1.86. The third-order valence-corrected chi connectivity index (χ3v) is 1.42. The first-order chi connectivity index (χ1) is 4.41. The second-order valence-electron chi connectivity index (χ2n) is 2.68. The van der Waals surface area contributed by atoms with E-state index in [4.69, 9.17) is 17.3 Å². The van der Waals surface area contributed by atoms with Crippen LogP contribution in [0, 0.1) is 17.8 Å². The first-order valence-electron chi connectivity index (χ1n) is 2.88. The van der Waals surface area contributed by atoms with Crippen LogP contribution in [0.4, 0.5) is 0 Å². The van der Waals surface area contributed by atoms with Crippen molar-refractivity contribution in [1.82, 2.24) is 0 Å². The van der Waals surface area contributed by atoms with Crippen LogP contribution >= 0.6 is 0 Å². The van der Waals surface area contributed by atoms with E-state index in [-0.39, 0.29) is 0 Å². The van der Waals surface area contributed by atoms with Crippen molar-refractivity contribution in [1.29, 1.82) is 0 Å². The highest BCUT2D eigenvalue weighted by Gasteiger charge is 2.29. The van der Waals surface area contributed by atoms with Crippen molar-refractivity contribution in [2.75, 3.05) is 0 Å². The molecule has 3 nitrogen and oxygen atoms in total. The van der Waals surface area contributed by atoms with Gasteiger partial charge in [-0.1, -0.05) is 5.92 Å². The molecule has 56 valence electrons. The van der Waals surface area contributed by atoms with Gasteiger partial charge in [0.15, 0.2) is 0 Å². The highest BCUT2D eigenvalue weighted by atomic mass is 16.4. The van der Waals surface area contributed by atoms with Crippen molar-refractivity contribution in [2.45, 2.75) is 19.9 Å². The van der Waals surface area contributed by atoms with Gasteiger partial charge in [0.1, 0.15) is 6.04 Å². The Hall–Kier alpha value is -1.01. The second kappa shape index (κ2) is 2.72. The smallest absolute Gasteiger partial charge is 0.322 e. The van der Waals surface area contributed by atoms with Crippen molar-refractivity contribution in [3.8, 4) is 12.3 Å². The molecular formula is C7H11NO2. The predicted octanol–water partition coefficient (Wildman–Crippen LogP) is 0.0577. The third kappa shape index (κ3) is 1.74. The summed E-state index contributed by atoms with van der Waals surface area (Å²) in [5.41, 5.74) is 4.49. The lowest BCUT2D eigenvalue weighted by Gasteiger charge is -2.21. The zero-order valence-electron chi connectivity index (χ0n) is 6.09. The molecule has 3 N–H and O–H groups in total. The first kappa shape index (κ1) is 8.99. The molecule has 0 amide bonds. The Morgan fingerprint density at radius 2 is 2.20 bits per heavy atom. The molecule has 0 saturated heterocycles. The van der Waals surface area contributed by atoms with Crippen LogP contribution in [-0.2, 0) is 4.79 Å². The maximum absolute atomic E-state index is 10.3. The highest BCUT2D eigenvalue weighted by molar-refractivity contribution is 5.74. The van der Waals surface area contributed by atoms with E-state index in [1.165, 1.54) is 0 Å². The number of aliphatic carboxylic acids is 1. The second-order valence-corrected chi connectivity index (χ2v) is 2.68. The summed E-state index contributed by atoms with van der Waals surface area (Å²) in [6, 6.07) is -0.988. The van der Waals surface area contributed by atoms with E-state index in [1.54, 1.807) is 13.8 Å². The number of rotatable bonds is 2. The maximum atomic E-state index is 10.3. The van der Waals surface area contributed by atoms with Gasteiger partial charge in [-0.05, 0) is 13.8 Å². The lowest BCUT2D eigenvalue weighted by Crippen LogP contribution is -2.42. The molecule has 0 bridgehead atoms. The molecule has 0 saturated carbocycles. The Kier molecular flexibility index (Phi) is 2.44. The van der Waals surface area contributed by atoms with Crippen molar-refractivity contribution in [3.05, 3.63) is 0 Å². The van der Waals surface area contributed by atoms with Crippen molar-refractivity contribution >= 4 is 5.97 Å². The fourth-order valence-electron chi connectivity index (χ4n) is 0.398. The van der Waals surface area contributed by atoms with E-state index in [0.717, 1.165) is 0 Å². The minimum Gasteiger partial charge on any atom is -0.480 e. The SMILES string of the molecule is C#CC(C)(C)C(N)C(=O)O. The van der Waals surface area contributed by atoms with Gasteiger partial charge in [0.2, 0.25) is 0 Å². The van der Waals surface area contributed by atoms with Crippen LogP contribution in [0.15, 0.2) is 0 Å². The molecule has 0 aliphatic heterocycles. The number of hydrogen-bond acceptors (Lipinski definition) is 2. The summed E-state index contributed by atoms with van der Waals surface area (Å²) < 4.78 is 0. The van der Waals surface area contributed by atoms with E-state index in [9.17, 15) is 4.79 Å². The minimum absolute atomic E-state index is 0.772. The average molecular weight is 141 g/mol. The van der Waals surface area contributed by atoms with Crippen LogP contribution in [0.5, 0.6) is 0 Å². The fourth-order valence-corrected chi connectivity index (χ4v) is 0.398. The molecule has 0 aliphatic carbocycles. The summed E-state index contributed by atoms with van der Waals surface area (Å²) in [6.45, 7) is 3.23. The Morgan fingerprint density at radius 3 is 2.30 bits per heavy atom. The predicted molar refractivity (Wildman–Crippen MR) is 38.2 cm³/mol. The van der Waals surface area contributed by atoms with Gasteiger partial charge in [0, 0.05) is 0 Å². The van der Waals surface area contributed by atoms with Crippen molar-refractivity contribution in [2.24, 2.45) is 11.1 Å². The summed E-state index contributed by atoms with van der Waals surface area (Å²) in [5.74, 6) is 1.25. The van der Waals surface area contributed by atoms with Gasteiger partial charge >= 0.3 is 5.97 Å². The van der Waals surface area contributed by atoms with Gasteiger partial charge in [-0.2, -0.15) is 0 Å². The van der Waals surface area contributed by atoms with Crippen LogP contribution in [0.2, 0.25) is 0 Å². The van der Waals surface area contributed by atoms with Gasteiger partial charge in [-0.25, -0.2) is 0 Å². The molecule has 0 rings (SSSR count). The minimum atomic E-state index is -1.07. The Balaban J connectivity index is 4.37. The molecule has 0 fully saturated rings. The van der Waals surface area contributed by atoms with Gasteiger partial charge in [0.05, 0.1) is 5.41 Å². The molecule has 0 heterocycles. The fraction of sp³-hybridized carbons (Fsp3) is 0.571. The number of terminal acetylenes is 1. The Bertz CT molecular complexity index is 179. The number of carboxylic acid groups (broad SMARTS) is 1. The van der Waals surface area contributed by atoms with Crippen LogP contribution in [0.1, 0.15) is 13.8 Å². The van der Waals surface area contributed by atoms with E-state index in [2.05, 4.69) is 5.92 Å². The molecule has 10 heavy (non-hydrogen) atoms. The van der Waals surface area contributed by atoms with Gasteiger partial charge in [-0.15, -0.1) is 6.42 Å². The van der Waals surface area contributed by atoms with Gasteiger partial charge in [-0.3, -0.25) is 4.79 Å². The summed E-state index contributed by atoms with van der Waals surface area (Å²) in [4.78, 5) is 10.3. The van der Waals surface area contributed by atoms with E-state index >= 15 is 0 Å². The quantitative estimate of drug-likeness (QED) is 0.534.